The zero-order valence-corrected chi connectivity index (χ0v) is 19.1. The fourth-order valence-corrected chi connectivity index (χ4v) is 3.71. The van der Waals surface area contributed by atoms with E-state index in [2.05, 4.69) is 24.9 Å². The number of rotatable bonds is 21. The van der Waals surface area contributed by atoms with E-state index >= 15 is 0 Å². The van der Waals surface area contributed by atoms with Gasteiger partial charge in [-0.05, 0) is 6.42 Å². The van der Waals surface area contributed by atoms with Gasteiger partial charge in [0.05, 0.1) is 0 Å². The van der Waals surface area contributed by atoms with Crippen LogP contribution < -0.4 is 5.32 Å². The van der Waals surface area contributed by atoms with E-state index < -0.39 is 12.0 Å². The maximum atomic E-state index is 11.7. The molecule has 0 aliphatic rings. The predicted octanol–water partition coefficient (Wildman–Crippen LogP) is 6.53. The quantitative estimate of drug-likeness (QED) is 0.147. The lowest BCUT2D eigenvalue weighted by Gasteiger charge is -2.11. The van der Waals surface area contributed by atoms with Crippen LogP contribution in [0.2, 0.25) is 0 Å². The molecule has 4 nitrogen and oxygen atoms in total. The van der Waals surface area contributed by atoms with Crippen LogP contribution in [-0.4, -0.2) is 28.8 Å². The van der Waals surface area contributed by atoms with E-state index in [1.165, 1.54) is 96.3 Å². The average Bonchev–Trinajstić information content (AvgIpc) is 2.68. The molecule has 0 aromatic rings. The lowest BCUT2D eigenvalue weighted by atomic mass is 10.0. The third-order valence-electron chi connectivity index (χ3n) is 5.32. The smallest absolute Gasteiger partial charge is 0.327 e. The number of hydrogen-bond donors (Lipinski definition) is 3. The summed E-state index contributed by atoms with van der Waals surface area (Å²) in [6.45, 7) is 2.27. The van der Waals surface area contributed by atoms with Crippen LogP contribution in [0.1, 0.15) is 122 Å². The van der Waals surface area contributed by atoms with Crippen molar-refractivity contribution in [2.45, 2.75) is 129 Å². The number of unbranched alkanes of at least 4 members (excludes halogenated alkanes) is 16. The Labute approximate surface area is 179 Å². The number of carbonyl (C=O) groups excluding carboxylic acids is 1. The predicted molar refractivity (Wildman–Crippen MR) is 122 cm³/mol. The second kappa shape index (κ2) is 21.0. The molecule has 0 radical (unpaired) electrons. The van der Waals surface area contributed by atoms with Crippen LogP contribution in [0, 0.1) is 0 Å². The van der Waals surface area contributed by atoms with Gasteiger partial charge in [-0.1, -0.05) is 110 Å². The van der Waals surface area contributed by atoms with E-state index in [0.717, 1.165) is 12.8 Å². The molecule has 0 aliphatic heterocycles. The third kappa shape index (κ3) is 18.6. The van der Waals surface area contributed by atoms with E-state index in [9.17, 15) is 9.59 Å². The molecule has 28 heavy (non-hydrogen) atoms. The molecule has 0 aromatic heterocycles. The maximum Gasteiger partial charge on any atom is 0.327 e. The molecule has 0 unspecified atom stereocenters. The molecular weight excluding hydrogens is 370 g/mol. The highest BCUT2D eigenvalue weighted by molar-refractivity contribution is 7.80. The molecule has 0 saturated heterocycles. The molecule has 0 heterocycles. The summed E-state index contributed by atoms with van der Waals surface area (Å²) in [5, 5.41) is 11.4. The monoisotopic (exact) mass is 415 g/mol. The van der Waals surface area contributed by atoms with Crippen LogP contribution >= 0.6 is 12.6 Å². The molecule has 0 rings (SSSR count). The molecule has 0 bridgehead atoms. The fourth-order valence-electron chi connectivity index (χ4n) is 3.46. The summed E-state index contributed by atoms with van der Waals surface area (Å²) in [6, 6.07) is -0.873. The Morgan fingerprint density at radius 3 is 1.39 bits per heavy atom. The van der Waals surface area contributed by atoms with Crippen molar-refractivity contribution >= 4 is 24.5 Å². The van der Waals surface area contributed by atoms with Gasteiger partial charge in [0.2, 0.25) is 5.91 Å². The van der Waals surface area contributed by atoms with Crippen LogP contribution in [0.5, 0.6) is 0 Å². The summed E-state index contributed by atoms with van der Waals surface area (Å²) in [5.74, 6) is -1.08. The first kappa shape index (κ1) is 27.3. The first-order valence-corrected chi connectivity index (χ1v) is 12.4. The van der Waals surface area contributed by atoms with E-state index in [4.69, 9.17) is 5.11 Å². The summed E-state index contributed by atoms with van der Waals surface area (Å²) in [6.07, 6.45) is 22.7. The van der Waals surface area contributed by atoms with Gasteiger partial charge < -0.3 is 10.4 Å². The van der Waals surface area contributed by atoms with Gasteiger partial charge in [0.25, 0.3) is 0 Å². The normalized spacial score (nSPS) is 12.1. The van der Waals surface area contributed by atoms with Crippen LogP contribution in [0.15, 0.2) is 0 Å². The van der Waals surface area contributed by atoms with E-state index in [1.54, 1.807) is 0 Å². The highest BCUT2D eigenvalue weighted by Crippen LogP contribution is 2.14. The van der Waals surface area contributed by atoms with Crippen LogP contribution in [-0.2, 0) is 9.59 Å². The van der Waals surface area contributed by atoms with Gasteiger partial charge in [0, 0.05) is 12.2 Å². The maximum absolute atomic E-state index is 11.7. The van der Waals surface area contributed by atoms with Gasteiger partial charge in [-0.3, -0.25) is 4.79 Å². The highest BCUT2D eigenvalue weighted by Gasteiger charge is 2.17. The lowest BCUT2D eigenvalue weighted by molar-refractivity contribution is -0.141. The van der Waals surface area contributed by atoms with Crippen molar-refractivity contribution in [1.82, 2.24) is 5.32 Å². The minimum absolute atomic E-state index is 0.125. The Morgan fingerprint density at radius 2 is 1.07 bits per heavy atom. The van der Waals surface area contributed by atoms with Gasteiger partial charge in [-0.2, -0.15) is 12.6 Å². The first-order chi connectivity index (χ1) is 13.6. The third-order valence-corrected chi connectivity index (χ3v) is 5.69. The van der Waals surface area contributed by atoms with Crippen LogP contribution in [0.25, 0.3) is 0 Å². The molecule has 1 amide bonds. The molecule has 1 atom stereocenters. The number of aliphatic carboxylic acids is 1. The number of carbonyl (C=O) groups is 2. The number of carboxylic acid groups (broad SMARTS) is 1. The van der Waals surface area contributed by atoms with Crippen LogP contribution in [0.4, 0.5) is 0 Å². The van der Waals surface area contributed by atoms with E-state index in [0.29, 0.717) is 6.42 Å². The van der Waals surface area contributed by atoms with Gasteiger partial charge in [0.1, 0.15) is 6.04 Å². The first-order valence-electron chi connectivity index (χ1n) is 11.7. The van der Waals surface area contributed by atoms with Crippen molar-refractivity contribution in [2.75, 3.05) is 5.75 Å². The molecule has 166 valence electrons. The highest BCUT2D eigenvalue weighted by atomic mass is 32.1. The Morgan fingerprint density at radius 1 is 0.714 bits per heavy atom. The summed E-state index contributed by atoms with van der Waals surface area (Å²) >= 11 is 3.94. The van der Waals surface area contributed by atoms with Crippen molar-refractivity contribution in [3.8, 4) is 0 Å². The summed E-state index contributed by atoms with van der Waals surface area (Å²) in [5.41, 5.74) is 0. The van der Waals surface area contributed by atoms with Crippen molar-refractivity contribution in [3.05, 3.63) is 0 Å². The average molecular weight is 416 g/mol. The molecule has 2 N–H and O–H groups in total. The molecule has 0 spiro atoms. The van der Waals surface area contributed by atoms with Crippen molar-refractivity contribution in [2.24, 2.45) is 0 Å². The fraction of sp³-hybridized carbons (Fsp3) is 0.913. The molecule has 0 aliphatic carbocycles. The van der Waals surface area contributed by atoms with Crippen molar-refractivity contribution < 1.29 is 14.7 Å². The number of hydrogen-bond acceptors (Lipinski definition) is 3. The summed E-state index contributed by atoms with van der Waals surface area (Å²) in [4.78, 5) is 22.5. The summed E-state index contributed by atoms with van der Waals surface area (Å²) in [7, 11) is 0. The molecular formula is C23H45NO3S. The Bertz CT molecular complexity index is 377. The van der Waals surface area contributed by atoms with Crippen molar-refractivity contribution in [1.29, 1.82) is 0 Å². The Hall–Kier alpha value is -0.710. The van der Waals surface area contributed by atoms with Gasteiger partial charge in [0.15, 0.2) is 0 Å². The number of amides is 1. The Kier molecular flexibility index (Phi) is 20.5. The van der Waals surface area contributed by atoms with Crippen molar-refractivity contribution in [3.63, 3.8) is 0 Å². The minimum Gasteiger partial charge on any atom is -0.480 e. The molecule has 0 fully saturated rings. The Balaban J connectivity index is 3.23. The zero-order chi connectivity index (χ0) is 20.9. The largest absolute Gasteiger partial charge is 0.480 e. The van der Waals surface area contributed by atoms with Gasteiger partial charge in [-0.25, -0.2) is 4.79 Å². The summed E-state index contributed by atoms with van der Waals surface area (Å²) < 4.78 is 0. The molecule has 0 aromatic carbocycles. The topological polar surface area (TPSA) is 66.4 Å². The number of carboxylic acids is 1. The lowest BCUT2D eigenvalue weighted by Crippen LogP contribution is -2.42. The van der Waals surface area contributed by atoms with Gasteiger partial charge in [-0.15, -0.1) is 0 Å². The second-order valence-electron chi connectivity index (χ2n) is 8.05. The van der Waals surface area contributed by atoms with Gasteiger partial charge >= 0.3 is 5.97 Å². The van der Waals surface area contributed by atoms with Crippen LogP contribution in [0.3, 0.4) is 0 Å². The standard InChI is InChI=1S/C23H45NO3S/c1-2-3-4-5-6-7-8-9-10-11-12-13-14-15-16-17-18-19-22(25)24-21(20-28)23(26)27/h21,28H,2-20H2,1H3,(H,24,25)(H,26,27)/t21-/m0/s1. The van der Waals surface area contributed by atoms with E-state index in [1.807, 2.05) is 0 Å². The zero-order valence-electron chi connectivity index (χ0n) is 18.2. The molecule has 5 heteroatoms. The minimum atomic E-state index is -1.02. The second-order valence-corrected chi connectivity index (χ2v) is 8.41. The van der Waals surface area contributed by atoms with E-state index in [-0.39, 0.29) is 11.7 Å². The number of nitrogens with one attached hydrogen (secondary N) is 1. The molecule has 0 saturated carbocycles. The SMILES string of the molecule is CCCCCCCCCCCCCCCCCCCC(=O)N[C@@H](CS)C(=O)O. The number of thiol groups is 1.